The molecule has 0 spiro atoms. The molecule has 1 aliphatic heterocycles. The molecule has 0 radical (unpaired) electrons. The third kappa shape index (κ3) is 5.25. The summed E-state index contributed by atoms with van der Waals surface area (Å²) in [6.07, 6.45) is 1.20. The topological polar surface area (TPSA) is 41.4 Å². The summed E-state index contributed by atoms with van der Waals surface area (Å²) < 4.78 is 17.4. The fraction of sp³-hybridized carbons (Fsp3) is 0.367. The fourth-order valence-electron chi connectivity index (χ4n) is 5.17. The number of anilines is 1. The molecule has 188 valence electrons. The second kappa shape index (κ2) is 10.2. The Bertz CT molecular complexity index is 1340. The van der Waals surface area contributed by atoms with Crippen LogP contribution in [0, 0.1) is 5.92 Å². The van der Waals surface area contributed by atoms with Crippen LogP contribution in [0.1, 0.15) is 38.6 Å². The monoisotopic (exact) mass is 500 g/mol. The molecule has 1 saturated heterocycles. The number of hydrogen-bond acceptors (Lipinski definition) is 3. The Morgan fingerprint density at radius 1 is 1.00 bits per heavy atom. The number of benzene rings is 3. The van der Waals surface area contributed by atoms with E-state index in [2.05, 4.69) is 78.8 Å². The molecule has 2 heterocycles. The van der Waals surface area contributed by atoms with Crippen molar-refractivity contribution in [1.82, 2.24) is 14.5 Å². The van der Waals surface area contributed by atoms with Crippen LogP contribution < -0.4 is 4.31 Å². The van der Waals surface area contributed by atoms with Gasteiger partial charge in [0.2, 0.25) is 0 Å². The van der Waals surface area contributed by atoms with Crippen LogP contribution in [0.15, 0.2) is 83.8 Å². The van der Waals surface area contributed by atoms with Crippen LogP contribution in [0.25, 0.3) is 11.0 Å². The molecule has 4 aromatic rings. The van der Waals surface area contributed by atoms with Crippen molar-refractivity contribution in [1.29, 1.82) is 0 Å². The zero-order valence-electron chi connectivity index (χ0n) is 21.7. The van der Waals surface area contributed by atoms with Crippen LogP contribution in [0.5, 0.6) is 0 Å². The highest BCUT2D eigenvalue weighted by atomic mass is 32.2. The lowest BCUT2D eigenvalue weighted by Crippen LogP contribution is -2.24. The van der Waals surface area contributed by atoms with Crippen LogP contribution >= 0.6 is 0 Å². The molecule has 0 saturated carbocycles. The molecule has 0 aliphatic carbocycles. The van der Waals surface area contributed by atoms with Gasteiger partial charge in [-0.25, -0.2) is 9.19 Å². The zero-order chi connectivity index (χ0) is 25.3. The summed E-state index contributed by atoms with van der Waals surface area (Å²) in [6.45, 7) is 10.9. The van der Waals surface area contributed by atoms with Crippen LogP contribution in [-0.4, -0.2) is 38.8 Å². The number of fused-ring (bicyclic) bond motifs is 1. The van der Waals surface area contributed by atoms with E-state index >= 15 is 0 Å². The molecule has 2 atom stereocenters. The van der Waals surface area contributed by atoms with E-state index in [1.165, 1.54) is 12.0 Å². The van der Waals surface area contributed by atoms with Gasteiger partial charge in [-0.2, -0.15) is 0 Å². The second-order valence-electron chi connectivity index (χ2n) is 10.9. The van der Waals surface area contributed by atoms with Gasteiger partial charge in [-0.05, 0) is 54.8 Å². The van der Waals surface area contributed by atoms with Gasteiger partial charge < -0.3 is 4.57 Å². The molecule has 5 rings (SSSR count). The van der Waals surface area contributed by atoms with E-state index in [1.807, 2.05) is 41.7 Å². The summed E-state index contributed by atoms with van der Waals surface area (Å²) in [6, 6.07) is 26.7. The Morgan fingerprint density at radius 3 is 2.39 bits per heavy atom. The van der Waals surface area contributed by atoms with Crippen LogP contribution in [0.2, 0.25) is 0 Å². The minimum absolute atomic E-state index is 0.0692. The molecule has 36 heavy (non-hydrogen) atoms. The van der Waals surface area contributed by atoms with Gasteiger partial charge >= 0.3 is 0 Å². The molecule has 0 bridgehead atoms. The third-order valence-electron chi connectivity index (χ3n) is 7.02. The lowest BCUT2D eigenvalue weighted by molar-refractivity contribution is 0.308. The summed E-state index contributed by atoms with van der Waals surface area (Å²) in [5.74, 6) is 1.71. The summed E-state index contributed by atoms with van der Waals surface area (Å²) in [5.41, 5.74) is 4.34. The van der Waals surface area contributed by atoms with Crippen molar-refractivity contribution in [2.75, 3.05) is 24.4 Å². The van der Waals surface area contributed by atoms with Crippen LogP contribution in [-0.2, 0) is 29.5 Å². The van der Waals surface area contributed by atoms with Gasteiger partial charge in [0.1, 0.15) is 5.82 Å². The van der Waals surface area contributed by atoms with Gasteiger partial charge in [-0.3, -0.25) is 9.21 Å². The molecule has 1 fully saturated rings. The first-order valence-electron chi connectivity index (χ1n) is 12.8. The predicted octanol–water partition coefficient (Wildman–Crippen LogP) is 6.01. The van der Waals surface area contributed by atoms with Crippen LogP contribution in [0.4, 0.5) is 5.69 Å². The average molecular weight is 501 g/mol. The van der Waals surface area contributed by atoms with Crippen molar-refractivity contribution in [2.24, 2.45) is 5.92 Å². The van der Waals surface area contributed by atoms with Gasteiger partial charge in [0.25, 0.3) is 0 Å². The minimum atomic E-state index is -1.27. The largest absolute Gasteiger partial charge is 0.327 e. The van der Waals surface area contributed by atoms with Crippen molar-refractivity contribution in [3.8, 4) is 0 Å². The Balaban J connectivity index is 1.39. The van der Waals surface area contributed by atoms with E-state index in [-0.39, 0.29) is 5.41 Å². The SMILES string of the molecule is CN(c1ccc2c(c1)nc(C(C)(C)C)n2CC1CCN(Cc2ccccc2)C1)S(=O)c1ccccc1. The maximum absolute atomic E-state index is 13.1. The molecule has 0 amide bonds. The highest BCUT2D eigenvalue weighted by Gasteiger charge is 2.28. The molecule has 1 aromatic heterocycles. The molecule has 2 unspecified atom stereocenters. The van der Waals surface area contributed by atoms with Gasteiger partial charge in [0, 0.05) is 32.1 Å². The molecule has 3 aromatic carbocycles. The maximum atomic E-state index is 13.1. The molecule has 6 heteroatoms. The lowest BCUT2D eigenvalue weighted by atomic mass is 9.95. The van der Waals surface area contributed by atoms with Crippen molar-refractivity contribution in [2.45, 2.75) is 50.6 Å². The quantitative estimate of drug-likeness (QED) is 0.312. The van der Waals surface area contributed by atoms with E-state index in [4.69, 9.17) is 4.98 Å². The summed E-state index contributed by atoms with van der Waals surface area (Å²) in [4.78, 5) is 8.48. The van der Waals surface area contributed by atoms with Crippen LogP contribution in [0.3, 0.4) is 0 Å². The number of aromatic nitrogens is 2. The Kier molecular flexibility index (Phi) is 7.00. The number of imidazole rings is 1. The highest BCUT2D eigenvalue weighted by Crippen LogP contribution is 2.32. The Labute approximate surface area is 217 Å². The van der Waals surface area contributed by atoms with E-state index in [0.29, 0.717) is 5.92 Å². The van der Waals surface area contributed by atoms with Gasteiger partial charge in [-0.1, -0.05) is 69.3 Å². The van der Waals surface area contributed by atoms with Crippen molar-refractivity contribution in [3.63, 3.8) is 0 Å². The molecular formula is C30H36N4OS. The van der Waals surface area contributed by atoms with Gasteiger partial charge in [-0.15, -0.1) is 0 Å². The van der Waals surface area contributed by atoms with E-state index in [0.717, 1.165) is 53.6 Å². The van der Waals surface area contributed by atoms with E-state index in [9.17, 15) is 4.21 Å². The summed E-state index contributed by atoms with van der Waals surface area (Å²) in [5, 5.41) is 0. The zero-order valence-corrected chi connectivity index (χ0v) is 22.5. The summed E-state index contributed by atoms with van der Waals surface area (Å²) in [7, 11) is 0.612. The van der Waals surface area contributed by atoms with Gasteiger partial charge in [0.05, 0.1) is 21.6 Å². The van der Waals surface area contributed by atoms with E-state index < -0.39 is 11.0 Å². The second-order valence-corrected chi connectivity index (χ2v) is 12.4. The first-order chi connectivity index (χ1) is 17.3. The fourth-order valence-corrected chi connectivity index (χ4v) is 6.18. The van der Waals surface area contributed by atoms with Gasteiger partial charge in [0.15, 0.2) is 11.0 Å². The first kappa shape index (κ1) is 24.7. The summed E-state index contributed by atoms with van der Waals surface area (Å²) >= 11 is 0. The normalized spacial score (nSPS) is 17.5. The maximum Gasteiger partial charge on any atom is 0.152 e. The Morgan fingerprint density at radius 2 is 1.69 bits per heavy atom. The first-order valence-corrected chi connectivity index (χ1v) is 13.9. The Hall–Kier alpha value is -2.96. The molecular weight excluding hydrogens is 464 g/mol. The number of rotatable bonds is 7. The highest BCUT2D eigenvalue weighted by molar-refractivity contribution is 7.86. The van der Waals surface area contributed by atoms with Crippen molar-refractivity contribution >= 4 is 27.7 Å². The van der Waals surface area contributed by atoms with Crippen molar-refractivity contribution < 1.29 is 4.21 Å². The number of hydrogen-bond donors (Lipinski definition) is 0. The minimum Gasteiger partial charge on any atom is -0.327 e. The lowest BCUT2D eigenvalue weighted by Gasteiger charge is -2.23. The van der Waals surface area contributed by atoms with E-state index in [1.54, 1.807) is 0 Å². The molecule has 1 aliphatic rings. The number of nitrogens with zero attached hydrogens (tertiary/aromatic N) is 4. The van der Waals surface area contributed by atoms with Crippen molar-refractivity contribution in [3.05, 3.63) is 90.3 Å². The predicted molar refractivity (Wildman–Crippen MR) is 150 cm³/mol. The standard InChI is InChI=1S/C30H36N4OS/c1-30(2,3)29-31-27-19-25(32(4)36(35)26-13-9-6-10-14-26)15-16-28(27)34(29)22-24-17-18-33(21-24)20-23-11-7-5-8-12-23/h5-16,19,24H,17-18,20-22H2,1-4H3. The molecule has 0 N–H and O–H groups in total. The molecule has 5 nitrogen and oxygen atoms in total. The smallest absolute Gasteiger partial charge is 0.152 e. The third-order valence-corrected chi connectivity index (χ3v) is 8.40. The average Bonchev–Trinajstić information content (AvgIpc) is 3.48. The number of likely N-dealkylation sites (tertiary alicyclic amines) is 1.